The molecule has 0 bridgehead atoms. The lowest BCUT2D eigenvalue weighted by atomic mass is 9.75. The average Bonchev–Trinajstić information content (AvgIpc) is 3.41. The molecule has 4 N–H and O–H groups in total. The zero-order valence-electron chi connectivity index (χ0n) is 19.7. The van der Waals surface area contributed by atoms with Crippen LogP contribution in [0.25, 0.3) is 11.0 Å². The van der Waals surface area contributed by atoms with Crippen molar-refractivity contribution in [3.05, 3.63) is 48.0 Å². The standard InChI is InChI=1S/C27H31N5O3/c33-24(28-18-10-11-19-22(16-18)29-25(34)27(19)12-14-35-15-13-27)23(17-6-2-1-3-7-17)32-26-30-20-8-4-5-9-21(20)31-26/h4-5,8-11,16-17,23H,1-3,6-7,12-15H2,(H,28,33)(H,29,34)(H2,30,31,32)/t23-/m0/s1. The molecule has 3 aromatic rings. The molecule has 2 aromatic carbocycles. The summed E-state index contributed by atoms with van der Waals surface area (Å²) in [5.41, 5.74) is 3.78. The van der Waals surface area contributed by atoms with Crippen molar-refractivity contribution in [2.75, 3.05) is 29.2 Å². The second-order valence-corrected chi connectivity index (χ2v) is 10.0. The molecule has 1 spiro atoms. The van der Waals surface area contributed by atoms with E-state index < -0.39 is 11.5 Å². The molecule has 2 amide bonds. The second kappa shape index (κ2) is 9.00. The number of anilines is 3. The smallest absolute Gasteiger partial charge is 0.247 e. The van der Waals surface area contributed by atoms with E-state index in [4.69, 9.17) is 4.74 Å². The van der Waals surface area contributed by atoms with Crippen molar-refractivity contribution >= 4 is 40.2 Å². The zero-order chi connectivity index (χ0) is 23.8. The number of ether oxygens (including phenoxy) is 1. The third kappa shape index (κ3) is 4.05. The largest absolute Gasteiger partial charge is 0.381 e. The molecule has 1 aliphatic carbocycles. The first kappa shape index (κ1) is 22.1. The molecule has 1 atom stereocenters. The SMILES string of the molecule is O=C(Nc1ccc2c(c1)NC(=O)C21CCOCC1)[C@@H](Nc1nc2ccccc2[nH]1)C1CCCCC1. The van der Waals surface area contributed by atoms with Crippen molar-refractivity contribution < 1.29 is 14.3 Å². The first-order chi connectivity index (χ1) is 17.1. The highest BCUT2D eigenvalue weighted by Crippen LogP contribution is 2.45. The lowest BCUT2D eigenvalue weighted by molar-refractivity contribution is -0.124. The minimum absolute atomic E-state index is 0.0333. The minimum Gasteiger partial charge on any atom is -0.381 e. The molecular formula is C27H31N5O3. The fraction of sp³-hybridized carbons (Fsp3) is 0.444. The van der Waals surface area contributed by atoms with Gasteiger partial charge in [-0.2, -0.15) is 0 Å². The lowest BCUT2D eigenvalue weighted by Gasteiger charge is -2.31. The van der Waals surface area contributed by atoms with Gasteiger partial charge in [-0.3, -0.25) is 9.59 Å². The van der Waals surface area contributed by atoms with Crippen LogP contribution in [0.15, 0.2) is 42.5 Å². The van der Waals surface area contributed by atoms with Gasteiger partial charge < -0.3 is 25.7 Å². The van der Waals surface area contributed by atoms with Gasteiger partial charge in [-0.15, -0.1) is 0 Å². The number of para-hydroxylation sites is 2. The summed E-state index contributed by atoms with van der Waals surface area (Å²) in [6, 6.07) is 13.2. The van der Waals surface area contributed by atoms with Crippen LogP contribution in [0.3, 0.4) is 0 Å². The molecule has 2 fully saturated rings. The maximum atomic E-state index is 13.6. The number of hydrogen-bond donors (Lipinski definition) is 4. The number of aromatic nitrogens is 2. The highest BCUT2D eigenvalue weighted by atomic mass is 16.5. The molecule has 0 unspecified atom stereocenters. The highest BCUT2D eigenvalue weighted by Gasteiger charge is 2.47. The Morgan fingerprint density at radius 2 is 1.89 bits per heavy atom. The number of imidazole rings is 1. The van der Waals surface area contributed by atoms with Crippen molar-refractivity contribution in [1.82, 2.24) is 9.97 Å². The molecule has 2 aliphatic heterocycles. The van der Waals surface area contributed by atoms with Gasteiger partial charge in [0, 0.05) is 24.6 Å². The molecular weight excluding hydrogens is 442 g/mol. The molecule has 8 nitrogen and oxygen atoms in total. The monoisotopic (exact) mass is 473 g/mol. The maximum absolute atomic E-state index is 13.6. The highest BCUT2D eigenvalue weighted by molar-refractivity contribution is 6.07. The molecule has 6 rings (SSSR count). The Morgan fingerprint density at radius 3 is 2.69 bits per heavy atom. The number of nitrogens with zero attached hydrogens (tertiary/aromatic N) is 1. The summed E-state index contributed by atoms with van der Waals surface area (Å²) in [6.07, 6.45) is 6.87. The summed E-state index contributed by atoms with van der Waals surface area (Å²) in [6.45, 7) is 1.17. The van der Waals surface area contributed by atoms with Gasteiger partial charge in [0.1, 0.15) is 6.04 Å². The Balaban J connectivity index is 1.24. The molecule has 8 heteroatoms. The van der Waals surface area contributed by atoms with Gasteiger partial charge in [0.05, 0.1) is 16.4 Å². The molecule has 35 heavy (non-hydrogen) atoms. The number of amides is 2. The molecule has 1 saturated carbocycles. The van der Waals surface area contributed by atoms with Crippen LogP contribution in [0.1, 0.15) is 50.5 Å². The van der Waals surface area contributed by atoms with E-state index in [9.17, 15) is 9.59 Å². The van der Waals surface area contributed by atoms with Crippen molar-refractivity contribution in [2.24, 2.45) is 5.92 Å². The van der Waals surface area contributed by atoms with E-state index in [0.29, 0.717) is 37.7 Å². The summed E-state index contributed by atoms with van der Waals surface area (Å²) >= 11 is 0. The number of fused-ring (bicyclic) bond motifs is 3. The molecule has 3 heterocycles. The summed E-state index contributed by atoms with van der Waals surface area (Å²) in [4.78, 5) is 34.4. The predicted molar refractivity (Wildman–Crippen MR) is 136 cm³/mol. The van der Waals surface area contributed by atoms with Crippen molar-refractivity contribution in [2.45, 2.75) is 56.4 Å². The molecule has 1 saturated heterocycles. The second-order valence-electron chi connectivity index (χ2n) is 10.0. The van der Waals surface area contributed by atoms with Crippen LogP contribution in [0.4, 0.5) is 17.3 Å². The predicted octanol–water partition coefficient (Wildman–Crippen LogP) is 4.56. The maximum Gasteiger partial charge on any atom is 0.247 e. The van der Waals surface area contributed by atoms with Crippen molar-refractivity contribution in [3.8, 4) is 0 Å². The summed E-state index contributed by atoms with van der Waals surface area (Å²) in [5, 5.41) is 9.55. The molecule has 0 radical (unpaired) electrons. The van der Waals surface area contributed by atoms with Gasteiger partial charge in [-0.1, -0.05) is 37.5 Å². The number of hydrogen-bond acceptors (Lipinski definition) is 5. The van der Waals surface area contributed by atoms with Gasteiger partial charge in [0.25, 0.3) is 0 Å². The Kier molecular flexibility index (Phi) is 5.68. The summed E-state index contributed by atoms with van der Waals surface area (Å²) in [5.74, 6) is 0.796. The zero-order valence-corrected chi connectivity index (χ0v) is 19.7. The van der Waals surface area contributed by atoms with E-state index >= 15 is 0 Å². The number of benzene rings is 2. The first-order valence-corrected chi connectivity index (χ1v) is 12.7. The third-order valence-corrected chi connectivity index (χ3v) is 7.92. The van der Waals surface area contributed by atoms with Gasteiger partial charge in [-0.25, -0.2) is 4.98 Å². The number of H-pyrrole nitrogens is 1. The Bertz CT molecular complexity index is 1220. The molecule has 182 valence electrons. The normalized spacial score (nSPS) is 20.4. The average molecular weight is 474 g/mol. The number of aromatic amines is 1. The van der Waals surface area contributed by atoms with E-state index in [0.717, 1.165) is 48.0 Å². The van der Waals surface area contributed by atoms with Crippen LogP contribution in [-0.2, 0) is 19.7 Å². The molecule has 1 aromatic heterocycles. The topological polar surface area (TPSA) is 108 Å². The fourth-order valence-electron chi connectivity index (χ4n) is 5.98. The lowest BCUT2D eigenvalue weighted by Crippen LogP contribution is -2.42. The van der Waals surface area contributed by atoms with Crippen LogP contribution in [0.5, 0.6) is 0 Å². The van der Waals surface area contributed by atoms with Gasteiger partial charge in [0.15, 0.2) is 0 Å². The van der Waals surface area contributed by atoms with Crippen LogP contribution < -0.4 is 16.0 Å². The van der Waals surface area contributed by atoms with Gasteiger partial charge in [-0.05, 0) is 61.4 Å². The van der Waals surface area contributed by atoms with E-state index in [-0.39, 0.29) is 17.7 Å². The molecule has 3 aliphatic rings. The number of carbonyl (C=O) groups is 2. The number of rotatable bonds is 5. The van der Waals surface area contributed by atoms with E-state index in [1.807, 2.05) is 42.5 Å². The Labute approximate surface area is 204 Å². The van der Waals surface area contributed by atoms with Crippen LogP contribution in [0.2, 0.25) is 0 Å². The number of carbonyl (C=O) groups excluding carboxylic acids is 2. The van der Waals surface area contributed by atoms with E-state index in [1.165, 1.54) is 6.42 Å². The van der Waals surface area contributed by atoms with Gasteiger partial charge in [0.2, 0.25) is 17.8 Å². The van der Waals surface area contributed by atoms with E-state index in [2.05, 4.69) is 25.9 Å². The van der Waals surface area contributed by atoms with Crippen LogP contribution in [0, 0.1) is 5.92 Å². The quantitative estimate of drug-likeness (QED) is 0.434. The minimum atomic E-state index is -0.510. The first-order valence-electron chi connectivity index (χ1n) is 12.7. The Hall–Kier alpha value is -3.39. The Morgan fingerprint density at radius 1 is 1.09 bits per heavy atom. The number of nitrogens with one attached hydrogen (secondary N) is 4. The van der Waals surface area contributed by atoms with Crippen molar-refractivity contribution in [1.29, 1.82) is 0 Å². The third-order valence-electron chi connectivity index (χ3n) is 7.92. The van der Waals surface area contributed by atoms with Crippen LogP contribution >= 0.6 is 0 Å². The summed E-state index contributed by atoms with van der Waals surface area (Å²) in [7, 11) is 0. The van der Waals surface area contributed by atoms with Crippen molar-refractivity contribution in [3.63, 3.8) is 0 Å². The van der Waals surface area contributed by atoms with Crippen LogP contribution in [-0.4, -0.2) is 41.0 Å². The fourth-order valence-corrected chi connectivity index (χ4v) is 5.98. The van der Waals surface area contributed by atoms with E-state index in [1.54, 1.807) is 0 Å². The van der Waals surface area contributed by atoms with Gasteiger partial charge >= 0.3 is 0 Å². The summed E-state index contributed by atoms with van der Waals surface area (Å²) < 4.78 is 5.50.